The van der Waals surface area contributed by atoms with Gasteiger partial charge in [0.25, 0.3) is 0 Å². The molecule has 2 rings (SSSR count). The van der Waals surface area contributed by atoms with Crippen LogP contribution in [0.25, 0.3) is 0 Å². The summed E-state index contributed by atoms with van der Waals surface area (Å²) in [5.41, 5.74) is 2.00. The van der Waals surface area contributed by atoms with Crippen LogP contribution in [0.3, 0.4) is 0 Å². The van der Waals surface area contributed by atoms with Gasteiger partial charge in [0.15, 0.2) is 5.08 Å². The summed E-state index contributed by atoms with van der Waals surface area (Å²) in [6.07, 6.45) is 0. The number of rotatable bonds is 1. The van der Waals surface area contributed by atoms with Gasteiger partial charge in [0.1, 0.15) is 15.9 Å². The Morgan fingerprint density at radius 2 is 1.79 bits per heavy atom. The van der Waals surface area contributed by atoms with Crippen LogP contribution in [-0.2, 0) is 21.2 Å². The fourth-order valence-corrected chi connectivity index (χ4v) is 5.99. The zero-order chi connectivity index (χ0) is 14.6. The van der Waals surface area contributed by atoms with E-state index in [1.54, 1.807) is 26.0 Å². The molecule has 1 unspecified atom stereocenters. The van der Waals surface area contributed by atoms with Crippen LogP contribution in [0, 0.1) is 20.8 Å². The Kier molecular flexibility index (Phi) is 6.19. The molecule has 4 nitrogen and oxygen atoms in total. The van der Waals surface area contributed by atoms with E-state index in [0.717, 1.165) is 5.56 Å². The summed E-state index contributed by atoms with van der Waals surface area (Å²) in [6.45, 7) is 5.12. The second-order valence-corrected chi connectivity index (χ2v) is 9.01. The predicted molar refractivity (Wildman–Crippen MR) is 82.4 cm³/mol. The van der Waals surface area contributed by atoms with Gasteiger partial charge in [0.05, 0.1) is 16.0 Å². The van der Waals surface area contributed by atoms with E-state index in [1.807, 2.05) is 18.7 Å². The maximum Gasteiger partial charge on any atom is 0.172 e. The van der Waals surface area contributed by atoms with E-state index in [4.69, 9.17) is 5.14 Å². The van der Waals surface area contributed by atoms with Crippen molar-refractivity contribution in [3.05, 3.63) is 28.8 Å². The van der Waals surface area contributed by atoms with Crippen molar-refractivity contribution in [2.24, 2.45) is 5.14 Å². The van der Waals surface area contributed by atoms with Crippen molar-refractivity contribution in [2.75, 3.05) is 16.6 Å². The molecule has 108 valence electrons. The first-order valence-electron chi connectivity index (χ1n) is 5.75. The van der Waals surface area contributed by atoms with E-state index in [2.05, 4.69) is 0 Å². The zero-order valence-electron chi connectivity index (χ0n) is 11.3. The maximum atomic E-state index is 10.8. The summed E-state index contributed by atoms with van der Waals surface area (Å²) in [5.74, 6) is 2.55. The number of nitrogens with two attached hydrogens (primary N) is 1. The van der Waals surface area contributed by atoms with Crippen LogP contribution in [0.4, 0.5) is 0 Å². The minimum Gasteiger partial charge on any atom is -0.744 e. The smallest absolute Gasteiger partial charge is 0.172 e. The molecule has 1 aromatic carbocycles. The van der Waals surface area contributed by atoms with Gasteiger partial charge in [-0.2, -0.15) is 5.14 Å². The van der Waals surface area contributed by atoms with E-state index >= 15 is 0 Å². The van der Waals surface area contributed by atoms with Gasteiger partial charge in [-0.05, 0) is 31.9 Å². The summed E-state index contributed by atoms with van der Waals surface area (Å²) in [6, 6.07) is 3.38. The van der Waals surface area contributed by atoms with Crippen LogP contribution in [0.5, 0.6) is 0 Å². The molecule has 0 saturated carbocycles. The molecular formula is C12H19NO3S3. The number of hydrogen-bond acceptors (Lipinski definition) is 5. The fourth-order valence-electron chi connectivity index (χ4n) is 1.95. The molecule has 0 spiro atoms. The van der Waals surface area contributed by atoms with E-state index in [-0.39, 0.29) is 4.90 Å². The molecule has 19 heavy (non-hydrogen) atoms. The molecule has 2 N–H and O–H groups in total. The van der Waals surface area contributed by atoms with Crippen LogP contribution in [0.2, 0.25) is 0 Å². The predicted octanol–water partition coefficient (Wildman–Crippen LogP) is 1.70. The quantitative estimate of drug-likeness (QED) is 0.629. The highest BCUT2D eigenvalue weighted by Crippen LogP contribution is 2.20. The van der Waals surface area contributed by atoms with Crippen LogP contribution < -0.4 is 5.14 Å². The van der Waals surface area contributed by atoms with Gasteiger partial charge in [-0.25, -0.2) is 8.42 Å². The molecule has 1 aromatic rings. The molecule has 0 amide bonds. The molecule has 0 aliphatic carbocycles. The minimum absolute atomic E-state index is 0.0851. The van der Waals surface area contributed by atoms with Crippen LogP contribution in [-0.4, -0.2) is 29.6 Å². The van der Waals surface area contributed by atoms with E-state index in [0.29, 0.717) is 22.2 Å². The van der Waals surface area contributed by atoms with Gasteiger partial charge in [-0.15, -0.1) is 11.8 Å². The topological polar surface area (TPSA) is 83.2 Å². The molecule has 1 heterocycles. The largest absolute Gasteiger partial charge is 0.744 e. The Labute approximate surface area is 122 Å². The average molecular weight is 321 g/mol. The molecule has 1 atom stereocenters. The van der Waals surface area contributed by atoms with Gasteiger partial charge >= 0.3 is 0 Å². The van der Waals surface area contributed by atoms with Crippen LogP contribution in [0.1, 0.15) is 16.7 Å². The Morgan fingerprint density at radius 3 is 2.05 bits per heavy atom. The second-order valence-electron chi connectivity index (χ2n) is 4.45. The number of hydrogen-bond donors (Lipinski definition) is 1. The molecule has 0 radical (unpaired) electrons. The summed E-state index contributed by atoms with van der Waals surface area (Å²) >= 11 is 2.26. The van der Waals surface area contributed by atoms with Crippen molar-refractivity contribution >= 4 is 33.0 Å². The van der Waals surface area contributed by atoms with Crippen LogP contribution >= 0.6 is 11.8 Å². The molecule has 1 fully saturated rings. The van der Waals surface area contributed by atoms with E-state index in [1.165, 1.54) is 16.6 Å². The van der Waals surface area contributed by atoms with Gasteiger partial charge in [-0.3, -0.25) is 0 Å². The van der Waals surface area contributed by atoms with Gasteiger partial charge < -0.3 is 4.55 Å². The molecule has 0 aromatic heterocycles. The monoisotopic (exact) mass is 321 g/mol. The van der Waals surface area contributed by atoms with Crippen molar-refractivity contribution in [2.45, 2.75) is 25.7 Å². The lowest BCUT2D eigenvalue weighted by atomic mass is 10.1. The first kappa shape index (κ1) is 16.8. The summed E-state index contributed by atoms with van der Waals surface area (Å²) in [4.78, 5) is -0.0851. The number of benzene rings is 1. The Balaban J connectivity index is 0.000000250. The average Bonchev–Trinajstić information content (AvgIpc) is 2.65. The Hall–Kier alpha value is -0.210. The third-order valence-corrected chi connectivity index (χ3v) is 7.08. The highest BCUT2D eigenvalue weighted by atomic mass is 32.3. The maximum absolute atomic E-state index is 10.8. The number of thioether (sulfide) groups is 1. The first-order chi connectivity index (χ1) is 8.71. The van der Waals surface area contributed by atoms with Gasteiger partial charge in [0, 0.05) is 5.75 Å². The SMILES string of the molecule is Cc1cc(C)c(S(=O)(=O)[O-])c(C)c1.N[S+]1CCSC1. The molecule has 1 aliphatic rings. The lowest BCUT2D eigenvalue weighted by Crippen LogP contribution is -2.14. The molecule has 1 saturated heterocycles. The fraction of sp³-hybridized carbons (Fsp3) is 0.500. The number of aryl methyl sites for hydroxylation is 3. The molecule has 7 heteroatoms. The second kappa shape index (κ2) is 6.99. The van der Waals surface area contributed by atoms with Gasteiger partial charge in [0.2, 0.25) is 0 Å². The van der Waals surface area contributed by atoms with Crippen molar-refractivity contribution in [1.29, 1.82) is 0 Å². The third kappa shape index (κ3) is 5.35. The Morgan fingerprint density at radius 1 is 1.26 bits per heavy atom. The first-order valence-corrected chi connectivity index (χ1v) is 9.94. The lowest BCUT2D eigenvalue weighted by molar-refractivity contribution is 0.462. The normalized spacial score (nSPS) is 18.9. The summed E-state index contributed by atoms with van der Waals surface area (Å²) < 4.78 is 32.5. The van der Waals surface area contributed by atoms with Crippen molar-refractivity contribution in [3.8, 4) is 0 Å². The van der Waals surface area contributed by atoms with E-state index < -0.39 is 10.1 Å². The van der Waals surface area contributed by atoms with Gasteiger partial charge in [-0.1, -0.05) is 17.7 Å². The standard InChI is InChI=1S/C9H12O3S.C3H8NS2/c1-6-4-7(2)9(8(3)5-6)13(10,11)12;4-6-2-1-5-3-6/h4-5H,1-3H3,(H,10,11,12);1-4H2/q;+1/p-1. The Bertz CT molecular complexity index is 514. The molecule has 1 aliphatic heterocycles. The highest BCUT2D eigenvalue weighted by Gasteiger charge is 2.18. The van der Waals surface area contributed by atoms with E-state index in [9.17, 15) is 13.0 Å². The zero-order valence-corrected chi connectivity index (χ0v) is 13.8. The van der Waals surface area contributed by atoms with Crippen LogP contribution in [0.15, 0.2) is 17.0 Å². The lowest BCUT2D eigenvalue weighted by Gasteiger charge is -2.14. The molecular weight excluding hydrogens is 302 g/mol. The third-order valence-electron chi connectivity index (χ3n) is 2.58. The molecule has 0 bridgehead atoms. The van der Waals surface area contributed by atoms with Crippen molar-refractivity contribution in [3.63, 3.8) is 0 Å². The van der Waals surface area contributed by atoms with Crippen molar-refractivity contribution < 1.29 is 13.0 Å². The van der Waals surface area contributed by atoms with Crippen molar-refractivity contribution in [1.82, 2.24) is 0 Å². The summed E-state index contributed by atoms with van der Waals surface area (Å²) in [7, 11) is -4.33. The summed E-state index contributed by atoms with van der Waals surface area (Å²) in [5, 5.41) is 6.75. The highest BCUT2D eigenvalue weighted by molar-refractivity contribution is 8.16. The minimum atomic E-state index is -4.33.